The molecule has 1 N–H and O–H groups in total. The number of carbonyl (C=O) groups is 1. The maximum Gasteiger partial charge on any atom is 0.354 e. The number of halogens is 2. The highest BCUT2D eigenvalue weighted by Gasteiger charge is 2.23. The average Bonchev–Trinajstić information content (AvgIpc) is 2.20. The third-order valence-corrected chi connectivity index (χ3v) is 2.30. The highest BCUT2D eigenvalue weighted by molar-refractivity contribution is 5.87. The summed E-state index contributed by atoms with van der Waals surface area (Å²) in [6, 6.07) is 1.62. The van der Waals surface area contributed by atoms with Crippen LogP contribution in [0.2, 0.25) is 0 Å². The van der Waals surface area contributed by atoms with E-state index in [1.54, 1.807) is 6.07 Å². The van der Waals surface area contributed by atoms with E-state index in [1.807, 2.05) is 0 Å². The molecule has 1 aromatic rings. The van der Waals surface area contributed by atoms with Crippen molar-refractivity contribution < 1.29 is 18.7 Å². The van der Waals surface area contributed by atoms with Crippen LogP contribution < -0.4 is 0 Å². The number of rotatable bonds is 2. The fraction of sp³-hybridized carbons (Fsp3) is 0.300. The minimum Gasteiger partial charge on any atom is -0.477 e. The maximum atomic E-state index is 12.6. The molecule has 0 saturated carbocycles. The van der Waals surface area contributed by atoms with Crippen LogP contribution in [0.25, 0.3) is 0 Å². The molecule has 0 spiro atoms. The lowest BCUT2D eigenvalue weighted by Gasteiger charge is -2.10. The van der Waals surface area contributed by atoms with Crippen molar-refractivity contribution in [2.75, 3.05) is 0 Å². The summed E-state index contributed by atoms with van der Waals surface area (Å²) in [5.74, 6) is -1.38. The Bertz CT molecular complexity index is 493. The van der Waals surface area contributed by atoms with Gasteiger partial charge < -0.3 is 5.11 Å². The van der Waals surface area contributed by atoms with Crippen molar-refractivity contribution in [2.24, 2.45) is 0 Å². The Morgan fingerprint density at radius 2 is 2.00 bits per heavy atom. The number of hydrogen-bond acceptors (Lipinski definition) is 3. The van der Waals surface area contributed by atoms with Crippen molar-refractivity contribution in [1.29, 1.82) is 5.26 Å². The molecule has 16 heavy (non-hydrogen) atoms. The fourth-order valence-corrected chi connectivity index (χ4v) is 1.32. The second kappa shape index (κ2) is 4.23. The zero-order chi connectivity index (χ0) is 12.5. The van der Waals surface area contributed by atoms with Gasteiger partial charge in [-0.25, -0.2) is 18.6 Å². The molecule has 4 nitrogen and oxygen atoms in total. The van der Waals surface area contributed by atoms with E-state index in [-0.39, 0.29) is 16.7 Å². The Morgan fingerprint density at radius 1 is 1.44 bits per heavy atom. The van der Waals surface area contributed by atoms with E-state index >= 15 is 0 Å². The Morgan fingerprint density at radius 3 is 2.38 bits per heavy atom. The van der Waals surface area contributed by atoms with Crippen molar-refractivity contribution in [3.63, 3.8) is 0 Å². The first kappa shape index (κ1) is 12.0. The molecule has 1 aromatic heterocycles. The van der Waals surface area contributed by atoms with E-state index < -0.39 is 23.8 Å². The molecule has 0 aliphatic rings. The van der Waals surface area contributed by atoms with Gasteiger partial charge >= 0.3 is 5.97 Å². The Kier molecular flexibility index (Phi) is 3.18. The predicted molar refractivity (Wildman–Crippen MR) is 50.3 cm³/mol. The summed E-state index contributed by atoms with van der Waals surface area (Å²) < 4.78 is 25.1. The SMILES string of the molecule is Cc1c(C(=O)O)nc(C(F)F)c(C#N)c1C. The van der Waals surface area contributed by atoms with Crippen LogP contribution in [0.15, 0.2) is 0 Å². The zero-order valence-electron chi connectivity index (χ0n) is 8.58. The van der Waals surface area contributed by atoms with E-state index in [0.717, 1.165) is 0 Å². The van der Waals surface area contributed by atoms with Crippen molar-refractivity contribution in [2.45, 2.75) is 20.3 Å². The van der Waals surface area contributed by atoms with Crippen LogP contribution in [0, 0.1) is 25.2 Å². The molecular formula is C10H8F2N2O2. The van der Waals surface area contributed by atoms with Crippen molar-refractivity contribution in [1.82, 2.24) is 4.98 Å². The van der Waals surface area contributed by atoms with Gasteiger partial charge in [0.1, 0.15) is 11.8 Å². The molecule has 0 amide bonds. The van der Waals surface area contributed by atoms with Gasteiger partial charge in [0, 0.05) is 0 Å². The van der Waals surface area contributed by atoms with Gasteiger partial charge in [-0.05, 0) is 25.0 Å². The number of hydrogen-bond donors (Lipinski definition) is 1. The first-order chi connectivity index (χ1) is 7.40. The number of aromatic carboxylic acids is 1. The molecule has 0 saturated heterocycles. The summed E-state index contributed by atoms with van der Waals surface area (Å²) >= 11 is 0. The molecule has 0 aromatic carbocycles. The van der Waals surface area contributed by atoms with Crippen LogP contribution in [0.3, 0.4) is 0 Å². The van der Waals surface area contributed by atoms with Crippen molar-refractivity contribution in [3.8, 4) is 6.07 Å². The second-order valence-electron chi connectivity index (χ2n) is 3.19. The Balaban J connectivity index is 3.64. The molecule has 0 bridgehead atoms. The maximum absolute atomic E-state index is 12.6. The van der Waals surface area contributed by atoms with Crippen LogP contribution in [-0.4, -0.2) is 16.1 Å². The number of nitriles is 1. The molecule has 0 fully saturated rings. The third kappa shape index (κ3) is 1.84. The average molecular weight is 226 g/mol. The summed E-state index contributed by atoms with van der Waals surface area (Å²) in [4.78, 5) is 14.1. The smallest absolute Gasteiger partial charge is 0.354 e. The normalized spacial score (nSPS) is 10.2. The number of aromatic nitrogens is 1. The Hall–Kier alpha value is -2.03. The van der Waals surface area contributed by atoms with Crippen LogP contribution in [0.5, 0.6) is 0 Å². The summed E-state index contributed by atoms with van der Waals surface area (Å²) in [5.41, 5.74) is -1.01. The molecule has 1 rings (SSSR count). The second-order valence-corrected chi connectivity index (χ2v) is 3.19. The first-order valence-corrected chi connectivity index (χ1v) is 4.32. The topological polar surface area (TPSA) is 74.0 Å². The highest BCUT2D eigenvalue weighted by Crippen LogP contribution is 2.26. The third-order valence-electron chi connectivity index (χ3n) is 2.30. The van der Waals surface area contributed by atoms with E-state index in [4.69, 9.17) is 10.4 Å². The van der Waals surface area contributed by atoms with Gasteiger partial charge in [0.2, 0.25) is 0 Å². The van der Waals surface area contributed by atoms with Gasteiger partial charge in [0.25, 0.3) is 6.43 Å². The summed E-state index contributed by atoms with van der Waals surface area (Å²) in [5, 5.41) is 17.5. The van der Waals surface area contributed by atoms with Gasteiger partial charge in [-0.2, -0.15) is 5.26 Å². The van der Waals surface area contributed by atoms with E-state index in [1.165, 1.54) is 13.8 Å². The fourth-order valence-electron chi connectivity index (χ4n) is 1.32. The van der Waals surface area contributed by atoms with E-state index in [9.17, 15) is 13.6 Å². The van der Waals surface area contributed by atoms with Gasteiger partial charge in [-0.3, -0.25) is 0 Å². The molecule has 0 aliphatic heterocycles. The highest BCUT2D eigenvalue weighted by atomic mass is 19.3. The van der Waals surface area contributed by atoms with Gasteiger partial charge in [0.05, 0.1) is 5.56 Å². The van der Waals surface area contributed by atoms with Crippen LogP contribution in [0.1, 0.15) is 39.3 Å². The number of carboxylic acids is 1. The molecular weight excluding hydrogens is 218 g/mol. The van der Waals surface area contributed by atoms with Crippen LogP contribution >= 0.6 is 0 Å². The lowest BCUT2D eigenvalue weighted by atomic mass is 10.0. The minimum absolute atomic E-state index is 0.227. The summed E-state index contributed by atoms with van der Waals surface area (Å²) in [7, 11) is 0. The van der Waals surface area contributed by atoms with E-state index in [0.29, 0.717) is 0 Å². The first-order valence-electron chi connectivity index (χ1n) is 4.32. The molecule has 0 radical (unpaired) electrons. The standard InChI is InChI=1S/C10H8F2N2O2/c1-4-5(2)7(10(15)16)14-8(9(11)12)6(4)3-13/h9H,1-2H3,(H,15,16). The number of carboxylic acid groups (broad SMARTS) is 1. The van der Waals surface area contributed by atoms with Gasteiger partial charge in [-0.15, -0.1) is 0 Å². The van der Waals surface area contributed by atoms with Crippen molar-refractivity contribution in [3.05, 3.63) is 28.1 Å². The lowest BCUT2D eigenvalue weighted by molar-refractivity contribution is 0.0687. The van der Waals surface area contributed by atoms with Crippen LogP contribution in [-0.2, 0) is 0 Å². The quantitative estimate of drug-likeness (QED) is 0.838. The van der Waals surface area contributed by atoms with Gasteiger partial charge in [0.15, 0.2) is 5.69 Å². The van der Waals surface area contributed by atoms with E-state index in [2.05, 4.69) is 4.98 Å². The molecule has 84 valence electrons. The summed E-state index contributed by atoms with van der Waals surface area (Å²) in [6.07, 6.45) is -2.97. The predicted octanol–water partition coefficient (Wildman–Crippen LogP) is 2.21. The zero-order valence-corrected chi connectivity index (χ0v) is 8.58. The number of pyridine rings is 1. The van der Waals surface area contributed by atoms with Crippen LogP contribution in [0.4, 0.5) is 8.78 Å². The monoisotopic (exact) mass is 226 g/mol. The lowest BCUT2D eigenvalue weighted by Crippen LogP contribution is -2.11. The minimum atomic E-state index is -2.97. The number of nitrogens with zero attached hydrogens (tertiary/aromatic N) is 2. The Labute approximate surface area is 90.2 Å². The molecule has 0 atom stereocenters. The largest absolute Gasteiger partial charge is 0.477 e. The molecule has 0 unspecified atom stereocenters. The van der Waals surface area contributed by atoms with Crippen molar-refractivity contribution >= 4 is 5.97 Å². The number of alkyl halides is 2. The van der Waals surface area contributed by atoms with Gasteiger partial charge in [-0.1, -0.05) is 0 Å². The molecule has 1 heterocycles. The molecule has 0 aliphatic carbocycles. The molecule has 6 heteroatoms. The summed E-state index contributed by atoms with van der Waals surface area (Å²) in [6.45, 7) is 2.86.